The van der Waals surface area contributed by atoms with Gasteiger partial charge >= 0.3 is 11.9 Å². The van der Waals surface area contributed by atoms with E-state index < -0.39 is 12.2 Å². The summed E-state index contributed by atoms with van der Waals surface area (Å²) in [5.41, 5.74) is 5.08. The van der Waals surface area contributed by atoms with Crippen LogP contribution in [0.25, 0.3) is 0 Å². The Labute approximate surface area is 193 Å². The molecule has 4 heteroatoms. The van der Waals surface area contributed by atoms with Crippen molar-refractivity contribution in [3.05, 3.63) is 107 Å². The fourth-order valence-corrected chi connectivity index (χ4v) is 6.49. The van der Waals surface area contributed by atoms with Crippen LogP contribution >= 0.6 is 0 Å². The highest BCUT2D eigenvalue weighted by molar-refractivity contribution is 5.90. The van der Waals surface area contributed by atoms with E-state index in [-0.39, 0.29) is 23.8 Å². The third-order valence-corrected chi connectivity index (χ3v) is 7.80. The van der Waals surface area contributed by atoms with Crippen LogP contribution in [0.1, 0.15) is 49.7 Å². The van der Waals surface area contributed by atoms with Gasteiger partial charge in [0.1, 0.15) is 12.2 Å². The molecule has 4 nitrogen and oxygen atoms in total. The molecule has 0 N–H and O–H groups in total. The van der Waals surface area contributed by atoms with Crippen LogP contribution in [-0.2, 0) is 15.9 Å². The molecule has 3 aromatic carbocycles. The number of benzene rings is 3. The quantitative estimate of drug-likeness (QED) is 0.515. The van der Waals surface area contributed by atoms with Crippen LogP contribution in [-0.4, -0.2) is 24.1 Å². The van der Waals surface area contributed by atoms with Gasteiger partial charge in [-0.05, 0) is 67.0 Å². The van der Waals surface area contributed by atoms with Gasteiger partial charge in [-0.15, -0.1) is 0 Å². The maximum Gasteiger partial charge on any atom is 0.338 e. The Morgan fingerprint density at radius 1 is 0.727 bits per heavy atom. The van der Waals surface area contributed by atoms with Crippen LogP contribution < -0.4 is 0 Å². The van der Waals surface area contributed by atoms with Crippen LogP contribution in [0.4, 0.5) is 0 Å². The Morgan fingerprint density at radius 2 is 1.30 bits per heavy atom. The lowest BCUT2D eigenvalue weighted by atomic mass is 9.76. The molecule has 3 aliphatic carbocycles. The summed E-state index contributed by atoms with van der Waals surface area (Å²) >= 11 is 0. The van der Waals surface area contributed by atoms with Crippen molar-refractivity contribution in [2.24, 2.45) is 17.8 Å². The molecule has 0 radical (unpaired) electrons. The number of hydrogen-bond acceptors (Lipinski definition) is 4. The molecule has 6 unspecified atom stereocenters. The molecule has 2 saturated carbocycles. The van der Waals surface area contributed by atoms with Crippen LogP contribution in [0.15, 0.2) is 78.9 Å². The highest BCUT2D eigenvalue weighted by atomic mass is 16.6. The van der Waals surface area contributed by atoms with Crippen LogP contribution in [0.3, 0.4) is 0 Å². The zero-order valence-corrected chi connectivity index (χ0v) is 18.5. The summed E-state index contributed by atoms with van der Waals surface area (Å²) in [5.74, 6) is 0.418. The third kappa shape index (κ3) is 3.36. The zero-order valence-electron chi connectivity index (χ0n) is 18.5. The summed E-state index contributed by atoms with van der Waals surface area (Å²) < 4.78 is 12.2. The van der Waals surface area contributed by atoms with Gasteiger partial charge in [0.15, 0.2) is 0 Å². The Hall–Kier alpha value is -3.40. The first-order valence-electron chi connectivity index (χ1n) is 11.7. The first-order valence-corrected chi connectivity index (χ1v) is 11.7. The normalized spacial score (nSPS) is 28.8. The van der Waals surface area contributed by atoms with E-state index in [1.165, 1.54) is 16.7 Å². The molecule has 2 fully saturated rings. The van der Waals surface area contributed by atoms with Gasteiger partial charge in [0, 0.05) is 11.8 Å². The van der Waals surface area contributed by atoms with Crippen LogP contribution in [0, 0.1) is 24.7 Å². The average Bonchev–Trinajstić information content (AvgIpc) is 3.49. The topological polar surface area (TPSA) is 52.6 Å². The van der Waals surface area contributed by atoms with Crippen LogP contribution in [0.5, 0.6) is 0 Å². The van der Waals surface area contributed by atoms with Crippen molar-refractivity contribution in [1.29, 1.82) is 0 Å². The monoisotopic (exact) mass is 438 g/mol. The van der Waals surface area contributed by atoms with Crippen molar-refractivity contribution in [2.45, 2.75) is 37.9 Å². The van der Waals surface area contributed by atoms with E-state index in [0.29, 0.717) is 23.0 Å². The number of ether oxygens (including phenoxy) is 2. The second-order valence-electron chi connectivity index (χ2n) is 9.63. The number of rotatable bonds is 4. The molecule has 3 aliphatic rings. The van der Waals surface area contributed by atoms with E-state index in [4.69, 9.17) is 9.47 Å². The molecular weight excluding hydrogens is 412 g/mol. The van der Waals surface area contributed by atoms with Gasteiger partial charge in [0.2, 0.25) is 0 Å². The number of esters is 2. The van der Waals surface area contributed by atoms with E-state index >= 15 is 0 Å². The van der Waals surface area contributed by atoms with E-state index in [1.807, 2.05) is 36.4 Å². The van der Waals surface area contributed by atoms with Gasteiger partial charge in [-0.2, -0.15) is 0 Å². The van der Waals surface area contributed by atoms with E-state index in [2.05, 4.69) is 25.1 Å². The second kappa shape index (κ2) is 7.87. The standard InChI is InChI=1S/C29H26O4/c1-17-12-13-21-20(14-17)15-22-23-16-24(25(21)22)27(33-29(31)19-10-6-3-7-11-19)26(23)32-28(30)18-8-4-2-5-9-18/h2-14,22-27H,15-16H2,1H3. The molecular formula is C29H26O4. The molecule has 0 saturated heterocycles. The molecule has 6 rings (SSSR count). The van der Waals surface area contributed by atoms with Crippen molar-refractivity contribution in [3.63, 3.8) is 0 Å². The van der Waals surface area contributed by atoms with Gasteiger partial charge in [-0.3, -0.25) is 0 Å². The molecule has 0 aromatic heterocycles. The molecule has 3 aromatic rings. The Balaban J connectivity index is 1.32. The minimum atomic E-state index is -0.441. The number of aryl methyl sites for hydroxylation is 1. The Kier molecular flexibility index (Phi) is 4.83. The lowest BCUT2D eigenvalue weighted by Gasteiger charge is -2.37. The van der Waals surface area contributed by atoms with Crippen molar-refractivity contribution in [1.82, 2.24) is 0 Å². The molecule has 0 aliphatic heterocycles. The predicted molar refractivity (Wildman–Crippen MR) is 124 cm³/mol. The SMILES string of the molecule is Cc1ccc2c(c1)CC1C3CC(C(OC(=O)c4ccccc4)C3OC(=O)c3ccccc3)C21. The summed E-state index contributed by atoms with van der Waals surface area (Å²) in [6.45, 7) is 2.12. The minimum absolute atomic E-state index is 0.158. The summed E-state index contributed by atoms with van der Waals surface area (Å²) in [6.07, 6.45) is 1.06. The zero-order chi connectivity index (χ0) is 22.5. The molecule has 166 valence electrons. The molecule has 6 atom stereocenters. The first kappa shape index (κ1) is 20.2. The highest BCUT2D eigenvalue weighted by Crippen LogP contribution is 2.62. The van der Waals surface area contributed by atoms with E-state index in [0.717, 1.165) is 12.8 Å². The molecule has 0 amide bonds. The Bertz CT molecular complexity index is 1200. The highest BCUT2D eigenvalue weighted by Gasteiger charge is 2.63. The summed E-state index contributed by atoms with van der Waals surface area (Å²) in [4.78, 5) is 26.0. The predicted octanol–water partition coefficient (Wildman–Crippen LogP) is 5.35. The van der Waals surface area contributed by atoms with Gasteiger partial charge < -0.3 is 9.47 Å². The summed E-state index contributed by atoms with van der Waals surface area (Å²) in [6, 6.07) is 24.8. The maximum atomic E-state index is 13.0. The number of hydrogen-bond donors (Lipinski definition) is 0. The number of fused-ring (bicyclic) bond motifs is 7. The lowest BCUT2D eigenvalue weighted by molar-refractivity contribution is -0.0698. The van der Waals surface area contributed by atoms with Gasteiger partial charge in [0.25, 0.3) is 0 Å². The van der Waals surface area contributed by atoms with Gasteiger partial charge in [0.05, 0.1) is 11.1 Å². The Morgan fingerprint density at radius 3 is 1.91 bits per heavy atom. The van der Waals surface area contributed by atoms with Crippen molar-refractivity contribution >= 4 is 11.9 Å². The average molecular weight is 439 g/mol. The van der Waals surface area contributed by atoms with E-state index in [1.54, 1.807) is 24.3 Å². The maximum absolute atomic E-state index is 13.0. The summed E-state index contributed by atoms with van der Waals surface area (Å²) in [5, 5.41) is 0. The molecule has 0 spiro atoms. The molecule has 33 heavy (non-hydrogen) atoms. The largest absolute Gasteiger partial charge is 0.455 e. The van der Waals surface area contributed by atoms with Crippen molar-refractivity contribution in [3.8, 4) is 0 Å². The van der Waals surface area contributed by atoms with E-state index in [9.17, 15) is 9.59 Å². The second-order valence-corrected chi connectivity index (χ2v) is 9.63. The van der Waals surface area contributed by atoms with Crippen molar-refractivity contribution in [2.75, 3.05) is 0 Å². The van der Waals surface area contributed by atoms with Gasteiger partial charge in [-0.25, -0.2) is 9.59 Å². The fraction of sp³-hybridized carbons (Fsp3) is 0.310. The number of carbonyl (C=O) groups is 2. The summed E-state index contributed by atoms with van der Waals surface area (Å²) in [7, 11) is 0. The third-order valence-electron chi connectivity index (χ3n) is 7.80. The van der Waals surface area contributed by atoms with Gasteiger partial charge in [-0.1, -0.05) is 60.2 Å². The van der Waals surface area contributed by atoms with Crippen LogP contribution in [0.2, 0.25) is 0 Å². The number of carbonyl (C=O) groups excluding carboxylic acids is 2. The fourth-order valence-electron chi connectivity index (χ4n) is 6.49. The molecule has 2 bridgehead atoms. The van der Waals surface area contributed by atoms with Crippen molar-refractivity contribution < 1.29 is 19.1 Å². The molecule has 0 heterocycles. The lowest BCUT2D eigenvalue weighted by Crippen LogP contribution is -2.45. The minimum Gasteiger partial charge on any atom is -0.455 e. The first-order chi connectivity index (χ1) is 16.1. The smallest absolute Gasteiger partial charge is 0.338 e.